The first-order valence-electron chi connectivity index (χ1n) is 4.92. The van der Waals surface area contributed by atoms with Crippen LogP contribution >= 0.6 is 15.9 Å². The number of amides is 1. The monoisotopic (exact) mass is 269 g/mol. The Morgan fingerprint density at radius 3 is 2.33 bits per heavy atom. The number of benzene rings is 1. The third-order valence-electron chi connectivity index (χ3n) is 2.50. The Labute approximate surface area is 99.2 Å². The van der Waals surface area contributed by atoms with Gasteiger partial charge in [-0.2, -0.15) is 0 Å². The highest BCUT2D eigenvalue weighted by Gasteiger charge is 2.20. The van der Waals surface area contributed by atoms with Gasteiger partial charge in [0.1, 0.15) is 0 Å². The van der Waals surface area contributed by atoms with E-state index in [2.05, 4.69) is 66.3 Å². The minimum Gasteiger partial charge on any atom is -0.346 e. The third-order valence-corrected chi connectivity index (χ3v) is 2.78. The molecule has 82 valence electrons. The van der Waals surface area contributed by atoms with Gasteiger partial charge < -0.3 is 5.32 Å². The number of rotatable bonds is 3. The van der Waals surface area contributed by atoms with Crippen LogP contribution < -0.4 is 5.32 Å². The second-order valence-electron chi connectivity index (χ2n) is 4.38. The van der Waals surface area contributed by atoms with Crippen molar-refractivity contribution in [3.8, 4) is 0 Å². The van der Waals surface area contributed by atoms with Crippen LogP contribution in [0.15, 0.2) is 24.3 Å². The van der Waals surface area contributed by atoms with E-state index in [0.29, 0.717) is 6.54 Å². The van der Waals surface area contributed by atoms with Crippen molar-refractivity contribution in [1.82, 2.24) is 5.32 Å². The topological polar surface area (TPSA) is 29.1 Å². The number of hydrogen-bond acceptors (Lipinski definition) is 1. The molecular weight excluding hydrogens is 254 g/mol. The number of carbonyl (C=O) groups excluding carboxylic acids is 1. The lowest BCUT2D eigenvalue weighted by Crippen LogP contribution is -2.34. The minimum absolute atomic E-state index is 0.0445. The Kier molecular flexibility index (Phi) is 3.91. The largest absolute Gasteiger partial charge is 0.346 e. The fraction of sp³-hybridized carbons (Fsp3) is 0.417. The van der Waals surface area contributed by atoms with E-state index in [0.717, 1.165) is 0 Å². The Hall–Kier alpha value is -0.830. The van der Waals surface area contributed by atoms with E-state index in [9.17, 15) is 4.79 Å². The van der Waals surface area contributed by atoms with Crippen molar-refractivity contribution < 1.29 is 4.79 Å². The van der Waals surface area contributed by atoms with E-state index in [-0.39, 0.29) is 10.2 Å². The summed E-state index contributed by atoms with van der Waals surface area (Å²) in [5.41, 5.74) is 2.44. The molecule has 0 aliphatic carbocycles. The Bertz CT molecular complexity index is 343. The predicted molar refractivity (Wildman–Crippen MR) is 66.5 cm³/mol. The number of hydrogen-bond donors (Lipinski definition) is 1. The van der Waals surface area contributed by atoms with Gasteiger partial charge in [-0.25, -0.2) is 0 Å². The molecule has 3 heteroatoms. The summed E-state index contributed by atoms with van der Waals surface area (Å²) in [7, 11) is 0. The average Bonchev–Trinajstić information content (AvgIpc) is 2.16. The maximum absolute atomic E-state index is 10.8. The zero-order valence-electron chi connectivity index (χ0n) is 9.30. The van der Waals surface area contributed by atoms with Crippen LogP contribution in [0.4, 0.5) is 4.79 Å². The number of carbonyl (C=O) groups is 1. The van der Waals surface area contributed by atoms with Gasteiger partial charge in [0.2, 0.25) is 0 Å². The molecular formula is C12H16BrNO. The van der Waals surface area contributed by atoms with Gasteiger partial charge >= 0.3 is 0 Å². The molecule has 0 fully saturated rings. The highest BCUT2D eigenvalue weighted by Crippen LogP contribution is 2.22. The first-order valence-corrected chi connectivity index (χ1v) is 5.71. The third kappa shape index (κ3) is 3.67. The fourth-order valence-electron chi connectivity index (χ4n) is 1.40. The normalized spacial score (nSPS) is 11.2. The molecule has 0 atom stereocenters. The van der Waals surface area contributed by atoms with Crippen LogP contribution in [0.3, 0.4) is 0 Å². The molecule has 0 aliphatic rings. The summed E-state index contributed by atoms with van der Waals surface area (Å²) in [6.45, 7) is 6.92. The summed E-state index contributed by atoms with van der Waals surface area (Å²) in [5, 5.41) is 2.78. The van der Waals surface area contributed by atoms with Crippen molar-refractivity contribution in [2.75, 3.05) is 6.54 Å². The van der Waals surface area contributed by atoms with Crippen LogP contribution in [0.5, 0.6) is 0 Å². The SMILES string of the molecule is Cc1ccc(C(C)(C)CNC(=O)Br)cc1. The number of aryl methyl sites for hydroxylation is 1. The molecule has 0 unspecified atom stereocenters. The molecule has 1 N–H and O–H groups in total. The van der Waals surface area contributed by atoms with Crippen LogP contribution in [0.2, 0.25) is 0 Å². The summed E-state index contributed by atoms with van der Waals surface area (Å²) < 4.78 is 0. The zero-order chi connectivity index (χ0) is 11.5. The fourth-order valence-corrected chi connectivity index (χ4v) is 1.54. The van der Waals surface area contributed by atoms with Crippen molar-refractivity contribution in [3.05, 3.63) is 35.4 Å². The van der Waals surface area contributed by atoms with E-state index in [1.165, 1.54) is 11.1 Å². The maximum Gasteiger partial charge on any atom is 0.287 e. The Morgan fingerprint density at radius 2 is 1.87 bits per heavy atom. The summed E-state index contributed by atoms with van der Waals surface area (Å²) >= 11 is 2.86. The standard InChI is InChI=1S/C12H16BrNO/c1-9-4-6-10(7-5-9)12(2,3)8-14-11(13)15/h4-7H,8H2,1-3H3,(H,14,15). The second-order valence-corrected chi connectivity index (χ2v) is 5.10. The average molecular weight is 270 g/mol. The molecule has 0 saturated heterocycles. The molecule has 0 aromatic heterocycles. The summed E-state index contributed by atoms with van der Waals surface area (Å²) in [6.07, 6.45) is 0. The van der Waals surface area contributed by atoms with Gasteiger partial charge in [0, 0.05) is 27.9 Å². The smallest absolute Gasteiger partial charge is 0.287 e. The van der Waals surface area contributed by atoms with Gasteiger partial charge in [-0.05, 0) is 12.5 Å². The van der Waals surface area contributed by atoms with E-state index < -0.39 is 0 Å². The Balaban J connectivity index is 2.76. The summed E-state index contributed by atoms with van der Waals surface area (Å²) in [6, 6.07) is 8.39. The van der Waals surface area contributed by atoms with Crippen LogP contribution in [0.25, 0.3) is 0 Å². The van der Waals surface area contributed by atoms with Crippen molar-refractivity contribution in [3.63, 3.8) is 0 Å². The van der Waals surface area contributed by atoms with Gasteiger partial charge in [0.25, 0.3) is 4.82 Å². The summed E-state index contributed by atoms with van der Waals surface area (Å²) in [5.74, 6) is 0. The molecule has 1 rings (SSSR count). The molecule has 1 aromatic carbocycles. The molecule has 0 heterocycles. The van der Waals surface area contributed by atoms with Crippen molar-refractivity contribution in [2.45, 2.75) is 26.2 Å². The molecule has 1 aromatic rings. The van der Waals surface area contributed by atoms with Gasteiger partial charge in [-0.1, -0.05) is 43.7 Å². The maximum atomic E-state index is 10.8. The summed E-state index contributed by atoms with van der Waals surface area (Å²) in [4.78, 5) is 10.6. The lowest BCUT2D eigenvalue weighted by atomic mass is 9.84. The first-order chi connectivity index (χ1) is 6.92. The Morgan fingerprint density at radius 1 is 1.33 bits per heavy atom. The second kappa shape index (κ2) is 4.79. The molecule has 15 heavy (non-hydrogen) atoms. The minimum atomic E-state index is -0.164. The lowest BCUT2D eigenvalue weighted by Gasteiger charge is -2.25. The van der Waals surface area contributed by atoms with E-state index in [1.807, 2.05) is 0 Å². The van der Waals surface area contributed by atoms with Gasteiger partial charge in [0.15, 0.2) is 0 Å². The number of halogens is 1. The number of nitrogens with one attached hydrogen (secondary N) is 1. The van der Waals surface area contributed by atoms with E-state index >= 15 is 0 Å². The molecule has 0 bridgehead atoms. The highest BCUT2D eigenvalue weighted by molar-refractivity contribution is 9.18. The molecule has 1 amide bonds. The highest BCUT2D eigenvalue weighted by atomic mass is 79.9. The molecule has 0 radical (unpaired) electrons. The predicted octanol–water partition coefficient (Wildman–Crippen LogP) is 3.38. The van der Waals surface area contributed by atoms with Crippen molar-refractivity contribution >= 4 is 20.7 Å². The molecule has 0 spiro atoms. The van der Waals surface area contributed by atoms with Crippen LogP contribution in [-0.2, 0) is 5.41 Å². The lowest BCUT2D eigenvalue weighted by molar-refractivity contribution is 0.259. The van der Waals surface area contributed by atoms with Crippen molar-refractivity contribution in [1.29, 1.82) is 0 Å². The van der Waals surface area contributed by atoms with Crippen LogP contribution in [0, 0.1) is 6.92 Å². The van der Waals surface area contributed by atoms with Crippen molar-refractivity contribution in [2.24, 2.45) is 0 Å². The van der Waals surface area contributed by atoms with Crippen LogP contribution in [-0.4, -0.2) is 11.4 Å². The van der Waals surface area contributed by atoms with Gasteiger partial charge in [0.05, 0.1) is 0 Å². The quantitative estimate of drug-likeness (QED) is 0.662. The molecule has 0 aliphatic heterocycles. The van der Waals surface area contributed by atoms with E-state index in [4.69, 9.17) is 0 Å². The molecule has 2 nitrogen and oxygen atoms in total. The van der Waals surface area contributed by atoms with Gasteiger partial charge in [-0.3, -0.25) is 4.79 Å². The first kappa shape index (κ1) is 12.2. The van der Waals surface area contributed by atoms with Gasteiger partial charge in [-0.15, -0.1) is 0 Å². The zero-order valence-corrected chi connectivity index (χ0v) is 10.9. The molecule has 0 saturated carbocycles. The van der Waals surface area contributed by atoms with E-state index in [1.54, 1.807) is 0 Å². The van der Waals surface area contributed by atoms with Crippen LogP contribution in [0.1, 0.15) is 25.0 Å².